The van der Waals surface area contributed by atoms with Crippen LogP contribution in [0.15, 0.2) is 29.7 Å². The number of nitrogens with zero attached hydrogens (tertiary/aromatic N) is 6. The van der Waals surface area contributed by atoms with Crippen LogP contribution in [0.25, 0.3) is 22.2 Å². The van der Waals surface area contributed by atoms with Crippen molar-refractivity contribution >= 4 is 60.3 Å². The van der Waals surface area contributed by atoms with Gasteiger partial charge in [0.2, 0.25) is 5.95 Å². The van der Waals surface area contributed by atoms with E-state index in [2.05, 4.69) is 24.9 Å². The Morgan fingerprint density at radius 1 is 1.00 bits per heavy atom. The highest BCUT2D eigenvalue weighted by atomic mass is 32.5. The molecule has 3 aliphatic heterocycles. The molecular weight excluding hydrogens is 632 g/mol. The van der Waals surface area contributed by atoms with Gasteiger partial charge >= 0.3 is 14.5 Å². The molecule has 3 aliphatic rings. The second-order valence-corrected chi connectivity index (χ2v) is 14.3. The number of anilines is 2. The van der Waals surface area contributed by atoms with Crippen LogP contribution in [0.5, 0.6) is 0 Å². The molecule has 3 unspecified atom stereocenters. The van der Waals surface area contributed by atoms with E-state index in [0.29, 0.717) is 11.0 Å². The normalized spacial score (nSPS) is 35.4. The third kappa shape index (κ3) is 5.49. The Labute approximate surface area is 245 Å². The molecule has 230 valence electrons. The largest absolute Gasteiger partial charge is 0.472 e. The first-order valence-electron chi connectivity index (χ1n) is 12.9. The molecule has 7 rings (SSSR count). The summed E-state index contributed by atoms with van der Waals surface area (Å²) in [6.45, 7) is -4.71. The van der Waals surface area contributed by atoms with Crippen LogP contribution in [-0.4, -0.2) is 81.5 Å². The molecular formula is C21H25N9O10P2S. The number of aromatic amines is 1. The monoisotopic (exact) mass is 657 g/mol. The SMILES string of the molecule is Nc1nc2c(ncn2[C@@H]2OC3COP(=O)(O)O[C@H]4C[C@H](n5ccc6c(N)ncnc65)O[C@@H]4COP(O)(=S)O[C@@H]2C3)c(=O)[nH]1. The fraction of sp³-hybridized carbons (Fsp3) is 0.476. The fourth-order valence-electron chi connectivity index (χ4n) is 5.40. The van der Waals surface area contributed by atoms with Crippen molar-refractivity contribution in [2.24, 2.45) is 0 Å². The Kier molecular flexibility index (Phi) is 7.14. The number of aromatic nitrogens is 7. The van der Waals surface area contributed by atoms with Crippen LogP contribution in [0.3, 0.4) is 0 Å². The maximum absolute atomic E-state index is 13.1. The smallest absolute Gasteiger partial charge is 0.383 e. The lowest BCUT2D eigenvalue weighted by Crippen LogP contribution is -2.29. The maximum Gasteiger partial charge on any atom is 0.472 e. The van der Waals surface area contributed by atoms with E-state index >= 15 is 0 Å². The van der Waals surface area contributed by atoms with Gasteiger partial charge in [-0.05, 0) is 17.9 Å². The number of nitrogens with one attached hydrogen (secondary N) is 1. The van der Waals surface area contributed by atoms with Crippen LogP contribution in [0.1, 0.15) is 25.3 Å². The molecule has 0 spiro atoms. The first-order chi connectivity index (χ1) is 20.5. The van der Waals surface area contributed by atoms with Gasteiger partial charge in [-0.3, -0.25) is 23.4 Å². The summed E-state index contributed by atoms with van der Waals surface area (Å²) in [5, 5.41) is 0.596. The predicted molar refractivity (Wildman–Crippen MR) is 150 cm³/mol. The zero-order valence-corrected chi connectivity index (χ0v) is 24.5. The minimum Gasteiger partial charge on any atom is -0.383 e. The van der Waals surface area contributed by atoms with Gasteiger partial charge in [0.15, 0.2) is 17.4 Å². The van der Waals surface area contributed by atoms with Crippen LogP contribution in [0.2, 0.25) is 0 Å². The molecule has 0 aromatic carbocycles. The van der Waals surface area contributed by atoms with Gasteiger partial charge in [0, 0.05) is 19.0 Å². The summed E-state index contributed by atoms with van der Waals surface area (Å²) >= 11 is 5.31. The standard InChI is InChI=1S/C21H25N9O10P2S/c22-16-10-1-2-29(17(10)25-7-24-16)14-4-11-13(38-14)6-36-42(34,43)40-12-3-9(5-35-41(32,33)39-11)37-20(12)30-8-26-15-18(30)27-21(23)28-19(15)31/h1-2,7-9,11-14,20H,3-6H2,(H,32,33)(H,34,43)(H2,22,24,25)(H3,23,27,28,31)/t9?,11-,12+,13+,14+,20+,42?/m0/s1. The van der Waals surface area contributed by atoms with Crippen molar-refractivity contribution in [3.05, 3.63) is 35.3 Å². The molecule has 0 amide bonds. The average molecular weight is 657 g/mol. The van der Waals surface area contributed by atoms with Gasteiger partial charge in [-0.2, -0.15) is 4.98 Å². The van der Waals surface area contributed by atoms with Gasteiger partial charge in [-0.1, -0.05) is 0 Å². The third-order valence-corrected chi connectivity index (χ3v) is 9.86. The van der Waals surface area contributed by atoms with Crippen LogP contribution in [0.4, 0.5) is 11.8 Å². The van der Waals surface area contributed by atoms with Crippen molar-refractivity contribution < 1.29 is 41.9 Å². The first-order valence-corrected chi connectivity index (χ1v) is 17.0. The summed E-state index contributed by atoms with van der Waals surface area (Å²) in [5.74, 6) is 0.124. The van der Waals surface area contributed by atoms with Crippen LogP contribution >= 0.6 is 14.5 Å². The molecule has 7 heterocycles. The number of hydrogen-bond donors (Lipinski definition) is 5. The number of ether oxygens (including phenoxy) is 2. The van der Waals surface area contributed by atoms with E-state index in [1.54, 1.807) is 16.8 Å². The number of fused-ring (bicyclic) bond motifs is 5. The van der Waals surface area contributed by atoms with Gasteiger partial charge in [0.05, 0.1) is 31.0 Å². The molecule has 8 atom stereocenters. The molecule has 2 bridgehead atoms. The molecule has 3 fully saturated rings. The summed E-state index contributed by atoms with van der Waals surface area (Å²) in [6, 6.07) is 1.72. The summed E-state index contributed by atoms with van der Waals surface area (Å²) in [5.41, 5.74) is 11.7. The van der Waals surface area contributed by atoms with Crippen molar-refractivity contribution in [3.63, 3.8) is 0 Å². The lowest BCUT2D eigenvalue weighted by atomic mass is 10.2. The highest BCUT2D eigenvalue weighted by Gasteiger charge is 2.46. The molecule has 22 heteroatoms. The van der Waals surface area contributed by atoms with Crippen molar-refractivity contribution in [1.82, 2.24) is 34.1 Å². The number of nitrogen functional groups attached to an aromatic ring is 2. The summed E-state index contributed by atoms with van der Waals surface area (Å²) in [4.78, 5) is 52.8. The second kappa shape index (κ2) is 10.6. The minimum absolute atomic E-state index is 0.0119. The number of H-pyrrole nitrogens is 1. The van der Waals surface area contributed by atoms with Gasteiger partial charge in [0.25, 0.3) is 5.56 Å². The second-order valence-electron chi connectivity index (χ2n) is 10.1. The number of nitrogens with two attached hydrogens (primary N) is 2. The molecule has 4 aromatic heterocycles. The van der Waals surface area contributed by atoms with E-state index in [9.17, 15) is 19.1 Å². The number of rotatable bonds is 2. The number of hydrogen-bond acceptors (Lipinski definition) is 15. The third-order valence-electron chi connectivity index (χ3n) is 7.26. The Morgan fingerprint density at radius 3 is 2.67 bits per heavy atom. The fourth-order valence-corrected chi connectivity index (χ4v) is 7.82. The molecule has 4 aromatic rings. The Hall–Kier alpha value is -2.87. The van der Waals surface area contributed by atoms with E-state index in [0.717, 1.165) is 0 Å². The first kappa shape index (κ1) is 28.9. The van der Waals surface area contributed by atoms with Crippen LogP contribution in [0, 0.1) is 0 Å². The van der Waals surface area contributed by atoms with Crippen molar-refractivity contribution in [2.45, 2.75) is 49.7 Å². The Balaban J connectivity index is 1.17. The Bertz CT molecular complexity index is 1870. The zero-order valence-electron chi connectivity index (χ0n) is 21.9. The van der Waals surface area contributed by atoms with Gasteiger partial charge in [-0.15, -0.1) is 0 Å². The molecule has 0 aliphatic carbocycles. The zero-order chi connectivity index (χ0) is 30.1. The molecule has 0 radical (unpaired) electrons. The van der Waals surface area contributed by atoms with Crippen LogP contribution < -0.4 is 17.0 Å². The van der Waals surface area contributed by atoms with Gasteiger partial charge in [-0.25, -0.2) is 19.5 Å². The van der Waals surface area contributed by atoms with E-state index in [-0.39, 0.29) is 49.0 Å². The lowest BCUT2D eigenvalue weighted by molar-refractivity contribution is -0.0625. The molecule has 3 saturated heterocycles. The lowest BCUT2D eigenvalue weighted by Gasteiger charge is -2.27. The predicted octanol–water partition coefficient (Wildman–Crippen LogP) is 0.438. The highest BCUT2D eigenvalue weighted by molar-refractivity contribution is 8.07. The van der Waals surface area contributed by atoms with E-state index < -0.39 is 57.0 Å². The quantitative estimate of drug-likeness (QED) is 0.183. The molecule has 19 nitrogen and oxygen atoms in total. The topological polar surface area (TPSA) is 259 Å². The Morgan fingerprint density at radius 2 is 1.84 bits per heavy atom. The van der Waals surface area contributed by atoms with Crippen molar-refractivity contribution in [3.8, 4) is 0 Å². The number of phosphoric acid groups is 1. The molecule has 0 saturated carbocycles. The van der Waals surface area contributed by atoms with Gasteiger partial charge < -0.3 is 44.3 Å². The van der Waals surface area contributed by atoms with Crippen molar-refractivity contribution in [1.29, 1.82) is 0 Å². The summed E-state index contributed by atoms with van der Waals surface area (Å²) < 4.78 is 50.7. The summed E-state index contributed by atoms with van der Waals surface area (Å²) in [7, 11) is -4.66. The summed E-state index contributed by atoms with van der Waals surface area (Å²) in [6.07, 6.45) is -1.07. The van der Waals surface area contributed by atoms with E-state index in [1.165, 1.54) is 17.2 Å². The van der Waals surface area contributed by atoms with Gasteiger partial charge in [0.1, 0.15) is 42.3 Å². The van der Waals surface area contributed by atoms with Crippen molar-refractivity contribution in [2.75, 3.05) is 24.7 Å². The molecule has 43 heavy (non-hydrogen) atoms. The van der Waals surface area contributed by atoms with E-state index in [1.807, 2.05) is 0 Å². The van der Waals surface area contributed by atoms with Crippen LogP contribution in [-0.2, 0) is 43.9 Å². The number of phosphoric ester groups is 1. The minimum atomic E-state index is -4.66. The molecule has 7 N–H and O–H groups in total. The van der Waals surface area contributed by atoms with E-state index in [4.69, 9.17) is 50.8 Å². The number of imidazole rings is 1. The average Bonchev–Trinajstić information content (AvgIpc) is 3.71. The highest BCUT2D eigenvalue weighted by Crippen LogP contribution is 2.53. The maximum atomic E-state index is 13.1.